The first-order chi connectivity index (χ1) is 8.59. The smallest absolute Gasteiger partial charge is 0.231 e. The number of carbonyl (C=O) groups excluding carboxylic acids is 1. The molecule has 1 N–H and O–H groups in total. The minimum Gasteiger partial charge on any atom is -0.316 e. The van der Waals surface area contributed by atoms with Crippen LogP contribution >= 0.6 is 0 Å². The fourth-order valence-corrected chi connectivity index (χ4v) is 2.68. The van der Waals surface area contributed by atoms with Crippen molar-refractivity contribution in [2.45, 2.75) is 20.3 Å². The Labute approximate surface area is 109 Å². The Bertz CT molecular complexity index is 430. The predicted molar refractivity (Wildman–Crippen MR) is 74.7 cm³/mol. The summed E-state index contributed by atoms with van der Waals surface area (Å²) in [5.41, 5.74) is 2.16. The maximum absolute atomic E-state index is 12.5. The average molecular weight is 246 g/mol. The van der Waals surface area contributed by atoms with Gasteiger partial charge in [-0.25, -0.2) is 0 Å². The number of para-hydroxylation sites is 1. The van der Waals surface area contributed by atoms with E-state index in [-0.39, 0.29) is 11.8 Å². The Morgan fingerprint density at radius 1 is 1.33 bits per heavy atom. The zero-order valence-electron chi connectivity index (χ0n) is 11.4. The van der Waals surface area contributed by atoms with Gasteiger partial charge < -0.3 is 10.2 Å². The van der Waals surface area contributed by atoms with Crippen LogP contribution in [0.5, 0.6) is 0 Å². The molecule has 2 atom stereocenters. The van der Waals surface area contributed by atoms with E-state index in [1.165, 1.54) is 0 Å². The number of anilines is 1. The summed E-state index contributed by atoms with van der Waals surface area (Å²) in [5, 5.41) is 3.34. The molecular formula is C15H22N2O. The quantitative estimate of drug-likeness (QED) is 0.867. The fourth-order valence-electron chi connectivity index (χ4n) is 2.68. The topological polar surface area (TPSA) is 32.3 Å². The minimum absolute atomic E-state index is 0.110. The Morgan fingerprint density at radius 3 is 2.72 bits per heavy atom. The molecule has 98 valence electrons. The first-order valence-electron chi connectivity index (χ1n) is 6.63. The number of hydrogen-bond donors (Lipinski definition) is 1. The number of amides is 1. The van der Waals surface area contributed by atoms with Crippen LogP contribution in [-0.4, -0.2) is 26.0 Å². The number of piperidine rings is 1. The summed E-state index contributed by atoms with van der Waals surface area (Å²) in [6, 6.07) is 8.03. The second kappa shape index (κ2) is 5.53. The van der Waals surface area contributed by atoms with Crippen LogP contribution in [0.25, 0.3) is 0 Å². The van der Waals surface area contributed by atoms with Gasteiger partial charge in [0.2, 0.25) is 5.91 Å². The summed E-state index contributed by atoms with van der Waals surface area (Å²) in [4.78, 5) is 14.3. The van der Waals surface area contributed by atoms with Crippen molar-refractivity contribution in [2.75, 3.05) is 25.0 Å². The number of aryl methyl sites for hydroxylation is 1. The molecule has 0 aliphatic carbocycles. The summed E-state index contributed by atoms with van der Waals surface area (Å²) in [5.74, 6) is 0.916. The van der Waals surface area contributed by atoms with Gasteiger partial charge in [0, 0.05) is 19.3 Å². The number of nitrogens with one attached hydrogen (secondary N) is 1. The molecule has 1 aromatic rings. The molecule has 0 spiro atoms. The fraction of sp³-hybridized carbons (Fsp3) is 0.533. The van der Waals surface area contributed by atoms with Gasteiger partial charge in [0.05, 0.1) is 5.92 Å². The maximum atomic E-state index is 12.5. The van der Waals surface area contributed by atoms with Crippen molar-refractivity contribution in [2.24, 2.45) is 11.8 Å². The number of carbonyl (C=O) groups is 1. The van der Waals surface area contributed by atoms with Crippen molar-refractivity contribution in [1.82, 2.24) is 5.32 Å². The van der Waals surface area contributed by atoms with Crippen molar-refractivity contribution in [3.8, 4) is 0 Å². The highest BCUT2D eigenvalue weighted by molar-refractivity contribution is 5.95. The molecule has 18 heavy (non-hydrogen) atoms. The van der Waals surface area contributed by atoms with Crippen molar-refractivity contribution in [3.63, 3.8) is 0 Å². The van der Waals surface area contributed by atoms with Crippen LogP contribution < -0.4 is 10.2 Å². The standard InChI is InChI=1S/C15H22N2O/c1-11-8-13(10-16-9-11)15(18)17(3)14-7-5-4-6-12(14)2/h4-7,11,13,16H,8-10H2,1-3H3. The average Bonchev–Trinajstić information content (AvgIpc) is 2.37. The normalized spacial score (nSPS) is 23.7. The van der Waals surface area contributed by atoms with Gasteiger partial charge in [0.25, 0.3) is 0 Å². The van der Waals surface area contributed by atoms with E-state index in [4.69, 9.17) is 0 Å². The van der Waals surface area contributed by atoms with E-state index in [9.17, 15) is 4.79 Å². The largest absolute Gasteiger partial charge is 0.316 e. The van der Waals surface area contributed by atoms with E-state index in [1.807, 2.05) is 38.2 Å². The first kappa shape index (κ1) is 13.1. The molecule has 0 aromatic heterocycles. The highest BCUT2D eigenvalue weighted by Gasteiger charge is 2.27. The maximum Gasteiger partial charge on any atom is 0.231 e. The molecule has 3 nitrogen and oxygen atoms in total. The second-order valence-corrected chi connectivity index (χ2v) is 5.38. The third-order valence-corrected chi connectivity index (χ3v) is 3.73. The number of rotatable bonds is 2. The van der Waals surface area contributed by atoms with Crippen molar-refractivity contribution >= 4 is 11.6 Å². The molecule has 2 unspecified atom stereocenters. The lowest BCUT2D eigenvalue weighted by Gasteiger charge is -2.30. The van der Waals surface area contributed by atoms with Gasteiger partial charge in [-0.15, -0.1) is 0 Å². The van der Waals surface area contributed by atoms with Crippen LogP contribution in [0.3, 0.4) is 0 Å². The summed E-state index contributed by atoms with van der Waals surface area (Å²) in [7, 11) is 1.88. The highest BCUT2D eigenvalue weighted by Crippen LogP contribution is 2.23. The van der Waals surface area contributed by atoms with Gasteiger partial charge in [-0.05, 0) is 37.4 Å². The van der Waals surface area contributed by atoms with E-state index in [1.54, 1.807) is 4.90 Å². The van der Waals surface area contributed by atoms with Gasteiger partial charge >= 0.3 is 0 Å². The van der Waals surface area contributed by atoms with Gasteiger partial charge in [-0.1, -0.05) is 25.1 Å². The molecule has 0 saturated carbocycles. The van der Waals surface area contributed by atoms with Crippen LogP contribution in [0.2, 0.25) is 0 Å². The molecule has 1 saturated heterocycles. The molecule has 1 aliphatic heterocycles. The van der Waals surface area contributed by atoms with Crippen LogP contribution in [-0.2, 0) is 4.79 Å². The van der Waals surface area contributed by atoms with E-state index >= 15 is 0 Å². The predicted octanol–water partition coefficient (Wildman–Crippen LogP) is 2.20. The molecule has 2 rings (SSSR count). The summed E-state index contributed by atoms with van der Waals surface area (Å²) in [6.45, 7) is 6.07. The molecule has 1 heterocycles. The third-order valence-electron chi connectivity index (χ3n) is 3.73. The van der Waals surface area contributed by atoms with E-state index in [0.29, 0.717) is 5.92 Å². The molecule has 0 bridgehead atoms. The zero-order chi connectivity index (χ0) is 13.1. The Morgan fingerprint density at radius 2 is 2.06 bits per heavy atom. The van der Waals surface area contributed by atoms with Gasteiger partial charge in [0.1, 0.15) is 0 Å². The van der Waals surface area contributed by atoms with Crippen molar-refractivity contribution in [1.29, 1.82) is 0 Å². The van der Waals surface area contributed by atoms with Crippen LogP contribution in [0.15, 0.2) is 24.3 Å². The molecule has 1 aliphatic rings. The second-order valence-electron chi connectivity index (χ2n) is 5.38. The van der Waals surface area contributed by atoms with E-state index < -0.39 is 0 Å². The summed E-state index contributed by atoms with van der Waals surface area (Å²) < 4.78 is 0. The van der Waals surface area contributed by atoms with E-state index in [0.717, 1.165) is 30.8 Å². The van der Waals surface area contributed by atoms with Crippen LogP contribution in [0.4, 0.5) is 5.69 Å². The lowest BCUT2D eigenvalue weighted by Crippen LogP contribution is -2.44. The Hall–Kier alpha value is -1.35. The highest BCUT2D eigenvalue weighted by atomic mass is 16.2. The molecule has 1 amide bonds. The summed E-state index contributed by atoms with van der Waals surface area (Å²) >= 11 is 0. The van der Waals surface area contributed by atoms with Crippen molar-refractivity contribution < 1.29 is 4.79 Å². The van der Waals surface area contributed by atoms with Crippen molar-refractivity contribution in [3.05, 3.63) is 29.8 Å². The van der Waals surface area contributed by atoms with Crippen LogP contribution in [0.1, 0.15) is 18.9 Å². The Balaban J connectivity index is 2.11. The van der Waals surface area contributed by atoms with E-state index in [2.05, 4.69) is 12.2 Å². The molecular weight excluding hydrogens is 224 g/mol. The Kier molecular flexibility index (Phi) is 4.02. The van der Waals surface area contributed by atoms with Gasteiger partial charge in [-0.3, -0.25) is 4.79 Å². The SMILES string of the molecule is Cc1ccccc1N(C)C(=O)C1CNCC(C)C1. The molecule has 1 fully saturated rings. The molecule has 1 aromatic carbocycles. The number of hydrogen-bond acceptors (Lipinski definition) is 2. The van der Waals surface area contributed by atoms with Crippen LogP contribution in [0, 0.1) is 18.8 Å². The monoisotopic (exact) mass is 246 g/mol. The third kappa shape index (κ3) is 2.72. The van der Waals surface area contributed by atoms with Gasteiger partial charge in [-0.2, -0.15) is 0 Å². The zero-order valence-corrected chi connectivity index (χ0v) is 11.4. The first-order valence-corrected chi connectivity index (χ1v) is 6.63. The lowest BCUT2D eigenvalue weighted by molar-refractivity contribution is -0.123. The number of nitrogens with zero attached hydrogens (tertiary/aromatic N) is 1. The molecule has 0 radical (unpaired) electrons. The molecule has 3 heteroatoms. The number of benzene rings is 1. The lowest BCUT2D eigenvalue weighted by atomic mass is 9.90. The minimum atomic E-state index is 0.110. The summed E-state index contributed by atoms with van der Waals surface area (Å²) in [6.07, 6.45) is 0.988. The van der Waals surface area contributed by atoms with Gasteiger partial charge in [0.15, 0.2) is 0 Å².